The molecule has 0 N–H and O–H groups in total. The van der Waals surface area contributed by atoms with Crippen molar-refractivity contribution in [3.8, 4) is 0 Å². The first kappa shape index (κ1) is 25.4. The lowest BCUT2D eigenvalue weighted by Gasteiger charge is -2.32. The maximum atomic E-state index is 14.9. The summed E-state index contributed by atoms with van der Waals surface area (Å²) in [6.07, 6.45) is 0. The molecule has 184 valence electrons. The number of rotatable bonds is 2. The zero-order valence-electron chi connectivity index (χ0n) is 15.0. The monoisotopic (exact) mass is 520 g/mol. The van der Waals surface area contributed by atoms with Gasteiger partial charge in [-0.1, -0.05) is 0 Å². The van der Waals surface area contributed by atoms with Gasteiger partial charge in [-0.25, -0.2) is 52.7 Å². The molecule has 0 aliphatic heterocycles. The lowest BCUT2D eigenvalue weighted by Crippen LogP contribution is -2.37. The summed E-state index contributed by atoms with van der Waals surface area (Å²) in [5, 5.41) is 0. The molecule has 2 aromatic rings. The van der Waals surface area contributed by atoms with E-state index in [0.717, 1.165) is 0 Å². The van der Waals surface area contributed by atoms with Gasteiger partial charge < -0.3 is 0 Å². The van der Waals surface area contributed by atoms with Crippen molar-refractivity contribution in [2.24, 2.45) is 0 Å². The number of hydrogen-bond donors (Lipinski definition) is 0. The van der Waals surface area contributed by atoms with E-state index >= 15 is 0 Å². The SMILES string of the molecule is FC1=C(c2c(F)c(F)c(F)c(F)c2F)C(F)(F)C(c2c(F)c(F)c(F)c(F)c2F)=C(F)C1(F)F. The molecule has 0 spiro atoms. The molecule has 0 bridgehead atoms. The summed E-state index contributed by atoms with van der Waals surface area (Å²) in [6.45, 7) is 0. The fraction of sp³-hybridized carbons (Fsp3) is 0.111. The first-order chi connectivity index (χ1) is 15.4. The number of hydrogen-bond acceptors (Lipinski definition) is 0. The van der Waals surface area contributed by atoms with Crippen molar-refractivity contribution in [1.29, 1.82) is 0 Å². The van der Waals surface area contributed by atoms with Crippen LogP contribution in [-0.2, 0) is 0 Å². The van der Waals surface area contributed by atoms with Crippen molar-refractivity contribution >= 4 is 11.1 Å². The van der Waals surface area contributed by atoms with E-state index < -0.39 is 104 Å². The van der Waals surface area contributed by atoms with Gasteiger partial charge in [0.1, 0.15) is 0 Å². The third-order valence-corrected chi connectivity index (χ3v) is 4.54. The highest BCUT2D eigenvalue weighted by Crippen LogP contribution is 2.58. The van der Waals surface area contributed by atoms with Crippen molar-refractivity contribution in [1.82, 2.24) is 0 Å². The molecule has 3 rings (SSSR count). The highest BCUT2D eigenvalue weighted by atomic mass is 19.3. The topological polar surface area (TPSA) is 0 Å². The lowest BCUT2D eigenvalue weighted by molar-refractivity contribution is 0.0187. The van der Waals surface area contributed by atoms with Gasteiger partial charge in [-0.2, -0.15) is 17.6 Å². The molecule has 0 fully saturated rings. The molecule has 0 heterocycles. The highest BCUT2D eigenvalue weighted by Gasteiger charge is 2.61. The third-order valence-electron chi connectivity index (χ3n) is 4.54. The molecule has 0 saturated heterocycles. The highest BCUT2D eigenvalue weighted by molar-refractivity contribution is 5.93. The van der Waals surface area contributed by atoms with Gasteiger partial charge in [0.15, 0.2) is 58.2 Å². The molecule has 0 amide bonds. The second-order valence-corrected chi connectivity index (χ2v) is 6.42. The Hall–Kier alpha value is -3.20. The maximum absolute atomic E-state index is 14.9. The van der Waals surface area contributed by atoms with Gasteiger partial charge >= 0.3 is 11.8 Å². The van der Waals surface area contributed by atoms with Crippen LogP contribution in [0, 0.1) is 58.2 Å². The standard InChI is InChI=1S/C18F16/c19-5-1(6(20)10(24)13(27)9(5)23)3-15(29)18(33,34)16(30)4(17(3,31)32)2-7(21)11(25)14(28)12(26)8(2)22. The molecule has 34 heavy (non-hydrogen) atoms. The van der Waals surface area contributed by atoms with Crippen LogP contribution in [0.3, 0.4) is 0 Å². The zero-order chi connectivity index (χ0) is 26.2. The average molecular weight is 520 g/mol. The Morgan fingerprint density at radius 1 is 0.294 bits per heavy atom. The van der Waals surface area contributed by atoms with Gasteiger partial charge in [0, 0.05) is 0 Å². The van der Waals surface area contributed by atoms with Crippen LogP contribution in [0.25, 0.3) is 11.1 Å². The van der Waals surface area contributed by atoms with Crippen molar-refractivity contribution in [2.45, 2.75) is 11.8 Å². The predicted octanol–water partition coefficient (Wildman–Crippen LogP) is 7.42. The minimum absolute atomic E-state index is 3.03. The van der Waals surface area contributed by atoms with Crippen LogP contribution in [0.15, 0.2) is 11.7 Å². The Labute approximate surface area is 175 Å². The summed E-state index contributed by atoms with van der Waals surface area (Å²) in [4.78, 5) is 0. The van der Waals surface area contributed by atoms with E-state index in [9.17, 15) is 70.2 Å². The van der Waals surface area contributed by atoms with E-state index in [1.54, 1.807) is 0 Å². The van der Waals surface area contributed by atoms with Crippen LogP contribution in [0.5, 0.6) is 0 Å². The van der Waals surface area contributed by atoms with Gasteiger partial charge in [-0.15, -0.1) is 0 Å². The van der Waals surface area contributed by atoms with Crippen molar-refractivity contribution in [3.05, 3.63) is 81.0 Å². The Morgan fingerprint density at radius 2 is 0.500 bits per heavy atom. The molecule has 0 atom stereocenters. The van der Waals surface area contributed by atoms with E-state index in [-0.39, 0.29) is 0 Å². The minimum Gasteiger partial charge on any atom is -0.204 e. The van der Waals surface area contributed by atoms with Crippen LogP contribution in [0.1, 0.15) is 11.1 Å². The number of benzene rings is 2. The summed E-state index contributed by atoms with van der Waals surface area (Å²) in [6, 6.07) is 0. The normalized spacial score (nSPS) is 17.6. The smallest absolute Gasteiger partial charge is 0.204 e. The van der Waals surface area contributed by atoms with Gasteiger partial charge in [-0.3, -0.25) is 0 Å². The van der Waals surface area contributed by atoms with E-state index in [0.29, 0.717) is 0 Å². The quantitative estimate of drug-likeness (QED) is 0.220. The second-order valence-electron chi connectivity index (χ2n) is 6.42. The molecular weight excluding hydrogens is 520 g/mol. The van der Waals surface area contributed by atoms with Crippen LogP contribution in [0.2, 0.25) is 0 Å². The molecule has 0 saturated carbocycles. The van der Waals surface area contributed by atoms with Crippen LogP contribution in [-0.4, -0.2) is 11.8 Å². The number of allylic oxidation sites excluding steroid dienone is 4. The van der Waals surface area contributed by atoms with E-state index in [4.69, 9.17) is 0 Å². The summed E-state index contributed by atoms with van der Waals surface area (Å²) in [5.41, 5.74) is -13.3. The van der Waals surface area contributed by atoms with Gasteiger partial charge in [0.25, 0.3) is 0 Å². The summed E-state index contributed by atoms with van der Waals surface area (Å²) < 4.78 is 222. The van der Waals surface area contributed by atoms with Crippen LogP contribution in [0.4, 0.5) is 70.2 Å². The van der Waals surface area contributed by atoms with Crippen molar-refractivity contribution < 1.29 is 70.2 Å². The van der Waals surface area contributed by atoms with Gasteiger partial charge in [0.2, 0.25) is 11.6 Å². The molecular formula is C18F16. The van der Waals surface area contributed by atoms with E-state index in [2.05, 4.69) is 0 Å². The minimum atomic E-state index is -6.20. The zero-order valence-corrected chi connectivity index (χ0v) is 15.0. The Kier molecular flexibility index (Phi) is 5.73. The largest absolute Gasteiger partial charge is 0.350 e. The molecule has 1 aliphatic rings. The first-order valence-electron chi connectivity index (χ1n) is 8.02. The van der Waals surface area contributed by atoms with E-state index in [1.807, 2.05) is 0 Å². The number of halogens is 16. The fourth-order valence-electron chi connectivity index (χ4n) is 2.99. The fourth-order valence-corrected chi connectivity index (χ4v) is 2.99. The molecule has 0 aromatic heterocycles. The Balaban J connectivity index is 2.54. The Bertz CT molecular complexity index is 1160. The van der Waals surface area contributed by atoms with Crippen LogP contribution < -0.4 is 0 Å². The maximum Gasteiger partial charge on any atom is 0.350 e. The lowest BCUT2D eigenvalue weighted by atomic mass is 9.81. The van der Waals surface area contributed by atoms with Crippen LogP contribution >= 0.6 is 0 Å². The molecule has 1 aliphatic carbocycles. The molecule has 2 aromatic carbocycles. The summed E-state index contributed by atoms with van der Waals surface area (Å²) in [5.74, 6) is -52.0. The van der Waals surface area contributed by atoms with E-state index in [1.165, 1.54) is 0 Å². The first-order valence-corrected chi connectivity index (χ1v) is 8.02. The molecule has 0 unspecified atom stereocenters. The number of alkyl halides is 4. The summed E-state index contributed by atoms with van der Waals surface area (Å²) >= 11 is 0. The van der Waals surface area contributed by atoms with Crippen molar-refractivity contribution in [3.63, 3.8) is 0 Å². The summed E-state index contributed by atoms with van der Waals surface area (Å²) in [7, 11) is 0. The Morgan fingerprint density at radius 3 is 0.735 bits per heavy atom. The predicted molar refractivity (Wildman–Crippen MR) is 78.4 cm³/mol. The molecule has 0 radical (unpaired) electrons. The van der Waals surface area contributed by atoms with Crippen molar-refractivity contribution in [2.75, 3.05) is 0 Å². The third kappa shape index (κ3) is 3.10. The van der Waals surface area contributed by atoms with Gasteiger partial charge in [-0.05, 0) is 0 Å². The van der Waals surface area contributed by atoms with Gasteiger partial charge in [0.05, 0.1) is 22.3 Å². The molecule has 0 nitrogen and oxygen atoms in total. The molecule has 16 heteroatoms. The second kappa shape index (κ2) is 7.66. The average Bonchev–Trinajstić information content (AvgIpc) is 2.77.